The third kappa shape index (κ3) is 2.48. The number of piperidine rings is 1. The molecule has 0 aliphatic carbocycles. The second kappa shape index (κ2) is 5.30. The van der Waals surface area contributed by atoms with Crippen LogP contribution in [-0.2, 0) is 10.0 Å². The minimum Gasteiger partial charge on any atom is -0.314 e. The van der Waals surface area contributed by atoms with Gasteiger partial charge in [-0.2, -0.15) is 4.31 Å². The number of rotatable bonds is 2. The van der Waals surface area contributed by atoms with Gasteiger partial charge in [0.25, 0.3) is 0 Å². The summed E-state index contributed by atoms with van der Waals surface area (Å²) in [5.74, 6) is 0.443. The molecule has 3 rings (SSSR count). The van der Waals surface area contributed by atoms with Crippen LogP contribution in [0.3, 0.4) is 0 Å². The van der Waals surface area contributed by atoms with Crippen molar-refractivity contribution in [1.82, 2.24) is 9.62 Å². The molecule has 0 bridgehead atoms. The smallest absolute Gasteiger partial charge is 0.243 e. The topological polar surface area (TPSA) is 49.4 Å². The van der Waals surface area contributed by atoms with Crippen LogP contribution in [0.5, 0.6) is 0 Å². The van der Waals surface area contributed by atoms with E-state index in [4.69, 9.17) is 11.6 Å². The van der Waals surface area contributed by atoms with Gasteiger partial charge in [-0.25, -0.2) is 8.42 Å². The van der Waals surface area contributed by atoms with Crippen LogP contribution in [0.1, 0.15) is 18.4 Å². The SMILES string of the molecule is Cc1ccc(Cl)cc1S(=O)(=O)N1CCC2NCCC2C1. The van der Waals surface area contributed by atoms with Crippen LogP contribution in [0, 0.1) is 12.8 Å². The minimum absolute atomic E-state index is 0.342. The normalized spacial score (nSPS) is 27.5. The maximum absolute atomic E-state index is 12.8. The Kier molecular flexibility index (Phi) is 3.79. The number of nitrogens with zero attached hydrogens (tertiary/aromatic N) is 1. The molecule has 0 amide bonds. The van der Waals surface area contributed by atoms with E-state index in [2.05, 4.69) is 5.32 Å². The largest absolute Gasteiger partial charge is 0.314 e. The molecule has 2 heterocycles. The zero-order valence-electron chi connectivity index (χ0n) is 11.5. The Hall–Kier alpha value is -0.620. The molecule has 1 N–H and O–H groups in total. The molecule has 4 nitrogen and oxygen atoms in total. The lowest BCUT2D eigenvalue weighted by Crippen LogP contribution is -2.46. The van der Waals surface area contributed by atoms with Gasteiger partial charge in [-0.1, -0.05) is 17.7 Å². The number of benzene rings is 1. The van der Waals surface area contributed by atoms with Crippen molar-refractivity contribution >= 4 is 21.6 Å². The Labute approximate surface area is 125 Å². The molecule has 6 heteroatoms. The van der Waals surface area contributed by atoms with Gasteiger partial charge < -0.3 is 5.32 Å². The van der Waals surface area contributed by atoms with E-state index in [1.54, 1.807) is 22.5 Å². The molecule has 0 radical (unpaired) electrons. The summed E-state index contributed by atoms with van der Waals surface area (Å²) in [7, 11) is -3.43. The van der Waals surface area contributed by atoms with Gasteiger partial charge in [-0.05, 0) is 49.9 Å². The summed E-state index contributed by atoms with van der Waals surface area (Å²) in [5.41, 5.74) is 0.751. The maximum atomic E-state index is 12.8. The van der Waals surface area contributed by atoms with E-state index < -0.39 is 10.0 Å². The van der Waals surface area contributed by atoms with E-state index in [-0.39, 0.29) is 0 Å². The highest BCUT2D eigenvalue weighted by atomic mass is 35.5. The lowest BCUT2D eigenvalue weighted by molar-refractivity contribution is 0.247. The third-order valence-corrected chi connectivity index (χ3v) is 6.63. The Morgan fingerprint density at radius 1 is 1.35 bits per heavy atom. The lowest BCUT2D eigenvalue weighted by Gasteiger charge is -2.34. The Morgan fingerprint density at radius 2 is 2.15 bits per heavy atom. The van der Waals surface area contributed by atoms with E-state index >= 15 is 0 Å². The van der Waals surface area contributed by atoms with Crippen LogP contribution in [0.2, 0.25) is 5.02 Å². The standard InChI is InChI=1S/C14H19ClN2O2S/c1-10-2-3-12(15)8-14(10)20(18,19)17-7-5-13-11(9-17)4-6-16-13/h2-3,8,11,13,16H,4-7,9H2,1H3. The van der Waals surface area contributed by atoms with Crippen LogP contribution in [0.15, 0.2) is 23.1 Å². The molecule has 2 saturated heterocycles. The number of fused-ring (bicyclic) bond motifs is 1. The maximum Gasteiger partial charge on any atom is 0.243 e. The van der Waals surface area contributed by atoms with Crippen molar-refractivity contribution in [1.29, 1.82) is 0 Å². The first-order chi connectivity index (χ1) is 9.48. The molecule has 0 spiro atoms. The fourth-order valence-corrected chi connectivity index (χ4v) is 5.22. The molecular formula is C14H19ClN2O2S. The monoisotopic (exact) mass is 314 g/mol. The summed E-state index contributed by atoms with van der Waals surface area (Å²) >= 11 is 5.96. The highest BCUT2D eigenvalue weighted by molar-refractivity contribution is 7.89. The van der Waals surface area contributed by atoms with E-state index in [1.165, 1.54) is 0 Å². The fraction of sp³-hybridized carbons (Fsp3) is 0.571. The predicted octanol–water partition coefficient (Wildman–Crippen LogP) is 2.02. The van der Waals surface area contributed by atoms with Crippen molar-refractivity contribution in [3.05, 3.63) is 28.8 Å². The van der Waals surface area contributed by atoms with Crippen molar-refractivity contribution in [3.8, 4) is 0 Å². The molecule has 1 aromatic rings. The Balaban J connectivity index is 1.90. The van der Waals surface area contributed by atoms with Gasteiger partial charge in [0, 0.05) is 24.2 Å². The quantitative estimate of drug-likeness (QED) is 0.908. The highest BCUT2D eigenvalue weighted by Gasteiger charge is 2.38. The molecule has 20 heavy (non-hydrogen) atoms. The van der Waals surface area contributed by atoms with Gasteiger partial charge in [-0.3, -0.25) is 0 Å². The highest BCUT2D eigenvalue weighted by Crippen LogP contribution is 2.30. The van der Waals surface area contributed by atoms with E-state index in [0.29, 0.717) is 35.0 Å². The van der Waals surface area contributed by atoms with Crippen molar-refractivity contribution in [2.75, 3.05) is 19.6 Å². The first kappa shape index (κ1) is 14.3. The van der Waals surface area contributed by atoms with E-state index in [9.17, 15) is 8.42 Å². The molecule has 2 atom stereocenters. The molecule has 1 aromatic carbocycles. The van der Waals surface area contributed by atoms with Gasteiger partial charge in [0.15, 0.2) is 0 Å². The first-order valence-corrected chi connectivity index (χ1v) is 8.80. The second-order valence-electron chi connectivity index (χ2n) is 5.67. The van der Waals surface area contributed by atoms with Crippen LogP contribution < -0.4 is 5.32 Å². The summed E-state index contributed by atoms with van der Waals surface area (Å²) < 4.78 is 27.2. The number of hydrogen-bond acceptors (Lipinski definition) is 3. The average Bonchev–Trinajstić information content (AvgIpc) is 2.88. The predicted molar refractivity (Wildman–Crippen MR) is 79.5 cm³/mol. The molecule has 2 aliphatic heterocycles. The van der Waals surface area contributed by atoms with E-state index in [1.807, 2.05) is 6.92 Å². The van der Waals surface area contributed by atoms with Crippen LogP contribution in [0.4, 0.5) is 0 Å². The van der Waals surface area contributed by atoms with Crippen molar-refractivity contribution in [2.45, 2.75) is 30.7 Å². The number of hydrogen-bond donors (Lipinski definition) is 1. The molecule has 2 unspecified atom stereocenters. The molecule has 0 saturated carbocycles. The Bertz CT molecular complexity index is 618. The second-order valence-corrected chi connectivity index (χ2v) is 8.01. The first-order valence-electron chi connectivity index (χ1n) is 6.98. The summed E-state index contributed by atoms with van der Waals surface area (Å²) in [6, 6.07) is 5.54. The Morgan fingerprint density at radius 3 is 2.95 bits per heavy atom. The summed E-state index contributed by atoms with van der Waals surface area (Å²) in [5, 5.41) is 3.91. The molecular weight excluding hydrogens is 296 g/mol. The number of sulfonamides is 1. The van der Waals surface area contributed by atoms with Crippen molar-refractivity contribution in [3.63, 3.8) is 0 Å². The minimum atomic E-state index is -3.43. The molecule has 110 valence electrons. The zero-order chi connectivity index (χ0) is 14.3. The molecule has 2 aliphatic rings. The summed E-state index contributed by atoms with van der Waals surface area (Å²) in [6.07, 6.45) is 1.95. The number of aryl methyl sites for hydroxylation is 1. The van der Waals surface area contributed by atoms with Gasteiger partial charge in [0.05, 0.1) is 4.90 Å². The van der Waals surface area contributed by atoms with Gasteiger partial charge in [-0.15, -0.1) is 0 Å². The van der Waals surface area contributed by atoms with Crippen LogP contribution in [0.25, 0.3) is 0 Å². The van der Waals surface area contributed by atoms with E-state index in [0.717, 1.165) is 24.9 Å². The summed E-state index contributed by atoms with van der Waals surface area (Å²) in [6.45, 7) is 4.01. The fourth-order valence-electron chi connectivity index (χ4n) is 3.22. The van der Waals surface area contributed by atoms with Gasteiger partial charge in [0.2, 0.25) is 10.0 Å². The van der Waals surface area contributed by atoms with Gasteiger partial charge in [0.1, 0.15) is 0 Å². The summed E-state index contributed by atoms with van der Waals surface area (Å²) in [4.78, 5) is 0.342. The molecule has 2 fully saturated rings. The third-order valence-electron chi connectivity index (χ3n) is 4.39. The number of nitrogens with one attached hydrogen (secondary N) is 1. The molecule has 0 aromatic heterocycles. The van der Waals surface area contributed by atoms with Crippen molar-refractivity contribution < 1.29 is 8.42 Å². The number of halogens is 1. The van der Waals surface area contributed by atoms with Gasteiger partial charge >= 0.3 is 0 Å². The van der Waals surface area contributed by atoms with Crippen molar-refractivity contribution in [2.24, 2.45) is 5.92 Å². The van der Waals surface area contributed by atoms with Crippen LogP contribution in [-0.4, -0.2) is 38.4 Å². The zero-order valence-corrected chi connectivity index (χ0v) is 13.0. The average molecular weight is 315 g/mol. The lowest BCUT2D eigenvalue weighted by atomic mass is 9.95. The van der Waals surface area contributed by atoms with Crippen LogP contribution >= 0.6 is 11.6 Å².